The monoisotopic (exact) mass is 230 g/mol. The van der Waals surface area contributed by atoms with Gasteiger partial charge in [-0.1, -0.05) is 26.0 Å². The first-order valence-corrected chi connectivity index (χ1v) is 5.96. The van der Waals surface area contributed by atoms with Gasteiger partial charge in [0, 0.05) is 23.8 Å². The third-order valence-electron chi connectivity index (χ3n) is 2.08. The average molecular weight is 230 g/mol. The fourth-order valence-electron chi connectivity index (χ4n) is 1.01. The number of hydrogen-bond acceptors (Lipinski definition) is 2. The molecule has 0 unspecified atom stereocenters. The van der Waals surface area contributed by atoms with Gasteiger partial charge in [0.1, 0.15) is 0 Å². The largest absolute Gasteiger partial charge is 0.262 e. The van der Waals surface area contributed by atoms with Crippen molar-refractivity contribution in [1.29, 1.82) is 0 Å². The highest BCUT2D eigenvalue weighted by molar-refractivity contribution is 5.15. The highest BCUT2D eigenvalue weighted by Crippen LogP contribution is 1.98. The Morgan fingerprint density at radius 3 is 1.71 bits per heavy atom. The molecule has 2 nitrogen and oxygen atoms in total. The maximum atomic E-state index is 4.08. The van der Waals surface area contributed by atoms with Gasteiger partial charge < -0.3 is 0 Å². The molecule has 92 valence electrons. The Hall–Kier alpha value is -1.70. The molecule has 2 rings (SSSR count). The maximum Gasteiger partial charge on any atom is 0.0401 e. The molecule has 2 heteroatoms. The molecule has 2 aromatic heterocycles. The zero-order valence-electron chi connectivity index (χ0n) is 11.4. The standard InChI is InChI=1S/C7H9N.C6H7N.C2H6/c1-6-4-3-5-8-7(6)2;1-6-4-2-3-5-7-6;1-2/h3-5H,1-2H3;2-5H,1H3;1-2H3. The van der Waals surface area contributed by atoms with Gasteiger partial charge in [-0.15, -0.1) is 0 Å². The van der Waals surface area contributed by atoms with E-state index in [4.69, 9.17) is 0 Å². The van der Waals surface area contributed by atoms with Crippen LogP contribution in [0.5, 0.6) is 0 Å². The highest BCUT2D eigenvalue weighted by Gasteiger charge is 1.85. The second-order valence-electron chi connectivity index (χ2n) is 3.38. The number of nitrogens with zero attached hydrogens (tertiary/aromatic N) is 2. The van der Waals surface area contributed by atoms with Gasteiger partial charge in [0.25, 0.3) is 0 Å². The quantitative estimate of drug-likeness (QED) is 0.680. The maximum absolute atomic E-state index is 4.08. The highest BCUT2D eigenvalue weighted by atomic mass is 14.7. The minimum Gasteiger partial charge on any atom is -0.262 e. The van der Waals surface area contributed by atoms with Crippen LogP contribution in [-0.4, -0.2) is 9.97 Å². The van der Waals surface area contributed by atoms with Crippen LogP contribution in [0.1, 0.15) is 30.8 Å². The Balaban J connectivity index is 0.000000265. The van der Waals surface area contributed by atoms with E-state index in [9.17, 15) is 0 Å². The van der Waals surface area contributed by atoms with Crippen molar-refractivity contribution in [2.75, 3.05) is 0 Å². The van der Waals surface area contributed by atoms with Crippen LogP contribution in [0.25, 0.3) is 0 Å². The third kappa shape index (κ3) is 7.23. The van der Waals surface area contributed by atoms with Gasteiger partial charge in [0.15, 0.2) is 0 Å². The Morgan fingerprint density at radius 2 is 1.41 bits per heavy atom. The normalized spacial score (nSPS) is 8.29. The van der Waals surface area contributed by atoms with E-state index in [1.165, 1.54) is 5.56 Å². The molecule has 0 atom stereocenters. The molecule has 17 heavy (non-hydrogen) atoms. The van der Waals surface area contributed by atoms with Gasteiger partial charge in [0.05, 0.1) is 0 Å². The van der Waals surface area contributed by atoms with E-state index in [1.807, 2.05) is 58.2 Å². The molecule has 0 spiro atoms. The van der Waals surface area contributed by atoms with Crippen molar-refractivity contribution in [2.45, 2.75) is 34.6 Å². The number of hydrogen-bond donors (Lipinski definition) is 0. The molecule has 0 aliphatic carbocycles. The van der Waals surface area contributed by atoms with Crippen LogP contribution in [-0.2, 0) is 0 Å². The number of aromatic nitrogens is 2. The Bertz CT molecular complexity index is 376. The fraction of sp³-hybridized carbons (Fsp3) is 0.333. The SMILES string of the molecule is CC.Cc1ccccn1.Cc1cccnc1C. The molecular weight excluding hydrogens is 208 g/mol. The summed E-state index contributed by atoms with van der Waals surface area (Å²) >= 11 is 0. The van der Waals surface area contributed by atoms with Crippen molar-refractivity contribution in [3.63, 3.8) is 0 Å². The predicted molar refractivity (Wildman–Crippen MR) is 74.0 cm³/mol. The first kappa shape index (κ1) is 15.3. The second-order valence-corrected chi connectivity index (χ2v) is 3.38. The number of aryl methyl sites for hydroxylation is 3. The lowest BCUT2D eigenvalue weighted by Crippen LogP contribution is -1.81. The van der Waals surface area contributed by atoms with Gasteiger partial charge in [-0.25, -0.2) is 0 Å². The average Bonchev–Trinajstić information content (AvgIpc) is 2.37. The number of rotatable bonds is 0. The van der Waals surface area contributed by atoms with E-state index in [-0.39, 0.29) is 0 Å². The molecule has 2 aromatic rings. The molecule has 0 amide bonds. The molecule has 0 radical (unpaired) electrons. The van der Waals surface area contributed by atoms with Gasteiger partial charge in [-0.2, -0.15) is 0 Å². The summed E-state index contributed by atoms with van der Waals surface area (Å²) in [6, 6.07) is 9.86. The van der Waals surface area contributed by atoms with Crippen LogP contribution in [0.4, 0.5) is 0 Å². The zero-order valence-corrected chi connectivity index (χ0v) is 11.4. The summed E-state index contributed by atoms with van der Waals surface area (Å²) in [6.07, 6.45) is 3.59. The Kier molecular flexibility index (Phi) is 8.57. The fourth-order valence-corrected chi connectivity index (χ4v) is 1.01. The van der Waals surface area contributed by atoms with Crippen LogP contribution >= 0.6 is 0 Å². The summed E-state index contributed by atoms with van der Waals surface area (Å²) in [5.74, 6) is 0. The topological polar surface area (TPSA) is 25.8 Å². The minimum atomic E-state index is 1.07. The van der Waals surface area contributed by atoms with Gasteiger partial charge in [-0.05, 0) is 44.5 Å². The zero-order chi connectivity index (χ0) is 13.1. The second kappa shape index (κ2) is 9.52. The third-order valence-corrected chi connectivity index (χ3v) is 2.08. The van der Waals surface area contributed by atoms with Crippen LogP contribution in [0.3, 0.4) is 0 Å². The number of pyridine rings is 2. The van der Waals surface area contributed by atoms with E-state index >= 15 is 0 Å². The Labute approximate surface area is 105 Å². The van der Waals surface area contributed by atoms with Crippen molar-refractivity contribution in [3.8, 4) is 0 Å². The minimum absolute atomic E-state index is 1.07. The van der Waals surface area contributed by atoms with Crippen LogP contribution in [0, 0.1) is 20.8 Å². The van der Waals surface area contributed by atoms with E-state index in [0.29, 0.717) is 0 Å². The first-order valence-electron chi connectivity index (χ1n) is 5.96. The predicted octanol–water partition coefficient (Wildman–Crippen LogP) is 4.11. The summed E-state index contributed by atoms with van der Waals surface area (Å²) in [5, 5.41) is 0. The molecule has 0 aliphatic heterocycles. The molecule has 0 N–H and O–H groups in total. The summed E-state index contributed by atoms with van der Waals surface area (Å²) in [4.78, 5) is 8.06. The smallest absolute Gasteiger partial charge is 0.0401 e. The van der Waals surface area contributed by atoms with E-state index in [2.05, 4.69) is 23.0 Å². The molecule has 0 saturated carbocycles. The van der Waals surface area contributed by atoms with Crippen molar-refractivity contribution >= 4 is 0 Å². The van der Waals surface area contributed by atoms with Crippen molar-refractivity contribution in [3.05, 3.63) is 59.7 Å². The lowest BCUT2D eigenvalue weighted by molar-refractivity contribution is 1.15. The molecular formula is C15H22N2. The molecule has 0 bridgehead atoms. The summed E-state index contributed by atoms with van der Waals surface area (Å²) in [5.41, 5.74) is 3.45. The Morgan fingerprint density at radius 1 is 0.765 bits per heavy atom. The summed E-state index contributed by atoms with van der Waals surface area (Å²) < 4.78 is 0. The van der Waals surface area contributed by atoms with Crippen LogP contribution < -0.4 is 0 Å². The van der Waals surface area contributed by atoms with Crippen molar-refractivity contribution in [1.82, 2.24) is 9.97 Å². The van der Waals surface area contributed by atoms with E-state index in [1.54, 1.807) is 6.20 Å². The molecule has 0 fully saturated rings. The van der Waals surface area contributed by atoms with Gasteiger partial charge in [-0.3, -0.25) is 9.97 Å². The lowest BCUT2D eigenvalue weighted by Gasteiger charge is -1.92. The van der Waals surface area contributed by atoms with Crippen molar-refractivity contribution in [2.24, 2.45) is 0 Å². The van der Waals surface area contributed by atoms with Crippen LogP contribution in [0.2, 0.25) is 0 Å². The molecule has 2 heterocycles. The van der Waals surface area contributed by atoms with Crippen LogP contribution in [0.15, 0.2) is 42.7 Å². The first-order chi connectivity index (χ1) is 8.20. The summed E-state index contributed by atoms with van der Waals surface area (Å²) in [6.45, 7) is 10.0. The van der Waals surface area contributed by atoms with E-state index < -0.39 is 0 Å². The molecule has 0 saturated heterocycles. The summed E-state index contributed by atoms with van der Waals surface area (Å²) in [7, 11) is 0. The van der Waals surface area contributed by atoms with Gasteiger partial charge in [0.2, 0.25) is 0 Å². The van der Waals surface area contributed by atoms with Crippen molar-refractivity contribution < 1.29 is 0 Å². The molecule has 0 aliphatic rings. The lowest BCUT2D eigenvalue weighted by atomic mass is 10.2. The van der Waals surface area contributed by atoms with Gasteiger partial charge >= 0.3 is 0 Å². The van der Waals surface area contributed by atoms with E-state index in [0.717, 1.165) is 11.4 Å². The molecule has 0 aromatic carbocycles.